The van der Waals surface area contributed by atoms with Gasteiger partial charge in [0.1, 0.15) is 34.2 Å². The molecule has 0 atom stereocenters. The molecule has 2 N–H and O–H groups in total. The molecule has 3 radical (unpaired) electrons. The van der Waals surface area contributed by atoms with Crippen molar-refractivity contribution >= 4 is 144 Å². The largest absolute Gasteiger partial charge is 1.00 e. The van der Waals surface area contributed by atoms with E-state index in [0.717, 1.165) is 9.64 Å². The van der Waals surface area contributed by atoms with Crippen molar-refractivity contribution in [2.24, 2.45) is 0 Å². The molecular weight excluding hydrogens is 1650 g/mol. The van der Waals surface area contributed by atoms with Gasteiger partial charge in [-0.1, -0.05) is 23.7 Å². The van der Waals surface area contributed by atoms with Crippen molar-refractivity contribution < 1.29 is 166 Å². The van der Waals surface area contributed by atoms with Crippen LogP contribution in [0.2, 0.25) is 5.02 Å². The number of hydrogen-bond acceptors (Lipinski definition) is 25. The number of aliphatic hydroxyl groups excluding tert-OH is 1. The summed E-state index contributed by atoms with van der Waals surface area (Å²) in [5.74, 6) is -7.08. The normalized spacial score (nSPS) is 10.8. The van der Waals surface area contributed by atoms with Crippen LogP contribution in [0.25, 0.3) is 0 Å². The summed E-state index contributed by atoms with van der Waals surface area (Å²) in [5.41, 5.74) is -4.34. The molecule has 0 bridgehead atoms. The molecule has 26 nitrogen and oxygen atoms in total. The van der Waals surface area contributed by atoms with E-state index in [4.69, 9.17) is 51.5 Å². The van der Waals surface area contributed by atoms with Crippen LogP contribution in [-0.4, -0.2) is 155 Å². The van der Waals surface area contributed by atoms with Gasteiger partial charge in [-0.2, -0.15) is 39.5 Å². The second-order valence-electron chi connectivity index (χ2n) is 18.3. The summed E-state index contributed by atoms with van der Waals surface area (Å²) in [6.45, 7) is 13.2. The number of hydrogen-bond donors (Lipinski definition) is 2. The number of benzene rings is 1. The Balaban J connectivity index is -0.00000119. The molecule has 0 unspecified atom stereocenters. The zero-order valence-electron chi connectivity index (χ0n) is 57.4. The summed E-state index contributed by atoms with van der Waals surface area (Å²) in [7, 11) is 7.36. The van der Waals surface area contributed by atoms with Gasteiger partial charge in [-0.05, 0) is 151 Å². The summed E-state index contributed by atoms with van der Waals surface area (Å²) < 4.78 is 160. The molecule has 7 rings (SSSR count). The quantitative estimate of drug-likeness (QED) is 0.0118. The molecule has 0 aliphatic carbocycles. The van der Waals surface area contributed by atoms with Crippen LogP contribution in [0.3, 0.4) is 0 Å². The van der Waals surface area contributed by atoms with E-state index in [9.17, 15) is 87.5 Å². The predicted molar refractivity (Wildman–Crippen MR) is 362 cm³/mol. The Morgan fingerprint density at radius 3 is 0.905 bits per heavy atom. The van der Waals surface area contributed by atoms with Gasteiger partial charge >= 0.3 is 95.8 Å². The first-order valence-electron chi connectivity index (χ1n) is 29.1. The van der Waals surface area contributed by atoms with Gasteiger partial charge in [0.15, 0.2) is 11.4 Å². The predicted octanol–water partition coefficient (Wildman–Crippen LogP) is 9.72. The third-order valence-electron chi connectivity index (χ3n) is 11.0. The Bertz CT molecular complexity index is 3680. The molecule has 1 aliphatic heterocycles. The monoisotopic (exact) mass is 1710 g/mol. The molecule has 6 aromatic rings. The first-order valence-corrected chi connectivity index (χ1v) is 33.9. The maximum atomic E-state index is 12.7. The first kappa shape index (κ1) is 99.4. The van der Waals surface area contributed by atoms with Crippen LogP contribution < -0.4 is 34.9 Å². The van der Waals surface area contributed by atoms with Crippen molar-refractivity contribution in [2.75, 3.05) is 52.9 Å². The van der Waals surface area contributed by atoms with Crippen molar-refractivity contribution in [1.29, 1.82) is 0 Å². The standard InChI is InChI=1S/C12H12F3NO4.C11H12ClNO4.C11H12INO4.C10H9ClF3NO2.C10H10F3NO3.C8H5NO2.B.Cl2OS.Na.H/c1-3-19-10(17)8-5-7(12(13,14)15)6-9(16-8)11(18)20-4-2;2*1-3-16-10(14)8-5-7(12)6-9(13-8)11(15)17-4-2;1-2-17-9(16)8-4-6(10(12,13)14)3-7(5-11)15-8;1-2-17-9(16)8-4-6(10(11,12)13)3-7(5-15)14-8;10-7-5-3-1-2-4-6(5)8(11)9-7;;1-4(2)3;;/h5-6H,3-4H2,1-2H3;2*5-6H,3-4H2,1-2H3;3-4H,2,5H2,1H3;3-4,15H,2,5H2,1H3;1-4H,(H,9,10,11);;;;/q;;;;;;;;+1;-1. The fraction of sp³-hybridized carbons (Fsp3) is 0.339. The zero-order valence-corrected chi connectivity index (χ0v) is 64.4. The minimum atomic E-state index is -4.72. The summed E-state index contributed by atoms with van der Waals surface area (Å²) >= 11 is 13.2. The number of imide groups is 1. The van der Waals surface area contributed by atoms with Crippen LogP contribution in [0.1, 0.15) is 190 Å². The van der Waals surface area contributed by atoms with Crippen LogP contribution in [0, 0.1) is 3.57 Å². The van der Waals surface area contributed by atoms with Gasteiger partial charge in [0.05, 0.1) is 105 Å². The number of aliphatic hydroxyl groups is 1. The number of alkyl halides is 10. The van der Waals surface area contributed by atoms with E-state index in [2.05, 4.69) is 70.5 Å². The number of aromatic nitrogens is 5. The molecule has 1 aromatic carbocycles. The van der Waals surface area contributed by atoms with Crippen molar-refractivity contribution in [3.8, 4) is 0 Å². The Morgan fingerprint density at radius 1 is 0.448 bits per heavy atom. The Morgan fingerprint density at radius 2 is 0.667 bits per heavy atom. The van der Waals surface area contributed by atoms with E-state index in [1.807, 2.05) is 22.6 Å². The summed E-state index contributed by atoms with van der Waals surface area (Å²) in [5, 5.41) is 11.2. The van der Waals surface area contributed by atoms with Gasteiger partial charge in [0.2, 0.25) is 9.23 Å². The summed E-state index contributed by atoms with van der Waals surface area (Å²) in [6.07, 6.45) is -13.9. The van der Waals surface area contributed by atoms with Gasteiger partial charge in [-0.3, -0.25) is 14.9 Å². The van der Waals surface area contributed by atoms with E-state index in [1.54, 1.807) is 71.0 Å². The molecule has 567 valence electrons. The SMILES string of the molecule is CCOC(=O)c1cc(C(F)(F)F)cc(C(=O)OCC)n1.CCOC(=O)c1cc(C(F)(F)F)cc(CCl)n1.CCOC(=O)c1cc(C(F)(F)F)cc(CO)n1.CCOC(=O)c1cc(Cl)cc(C(=O)OCC)n1.CCOC(=O)c1cc(I)cc(C(=O)OCC)n1.O=C1NC(=O)c2ccccc21.O=S(Cl)Cl.[B].[H-].[Na+]. The molecule has 1 aliphatic rings. The van der Waals surface area contributed by atoms with E-state index >= 15 is 0 Å². The summed E-state index contributed by atoms with van der Waals surface area (Å²) in [6, 6.07) is 16.3. The fourth-order valence-electron chi connectivity index (χ4n) is 6.93. The zero-order chi connectivity index (χ0) is 78.5. The van der Waals surface area contributed by atoms with Crippen LogP contribution >= 0.6 is 67.2 Å². The van der Waals surface area contributed by atoms with Crippen LogP contribution in [0.5, 0.6) is 0 Å². The van der Waals surface area contributed by atoms with Crippen LogP contribution in [0.15, 0.2) is 84.9 Å². The minimum absolute atomic E-state index is 0. The fourth-order valence-corrected chi connectivity index (χ4v) is 7.87. The number of carbonyl (C=O) groups excluding carboxylic acids is 10. The van der Waals surface area contributed by atoms with Crippen molar-refractivity contribution in [2.45, 2.75) is 86.4 Å². The summed E-state index contributed by atoms with van der Waals surface area (Å²) in [4.78, 5) is 132. The van der Waals surface area contributed by atoms with Crippen molar-refractivity contribution in [3.63, 3.8) is 0 Å². The van der Waals surface area contributed by atoms with Crippen molar-refractivity contribution in [3.05, 3.63) is 178 Å². The maximum absolute atomic E-state index is 12.7. The molecule has 0 fully saturated rings. The number of nitrogens with one attached hydrogen (secondary N) is 1. The Labute approximate surface area is 653 Å². The number of nitrogens with zero attached hydrogens (tertiary/aromatic N) is 5. The Kier molecular flexibility index (Phi) is 47.3. The molecule has 0 spiro atoms. The van der Waals surface area contributed by atoms with Crippen LogP contribution in [-0.2, 0) is 78.1 Å². The molecule has 0 saturated heterocycles. The number of carbonyl (C=O) groups is 10. The van der Waals surface area contributed by atoms with Gasteiger partial charge in [-0.15, -0.1) is 11.6 Å². The van der Waals surface area contributed by atoms with Gasteiger partial charge in [-0.25, -0.2) is 67.5 Å². The third-order valence-corrected chi connectivity index (χ3v) is 12.1. The molecule has 6 heterocycles. The second-order valence-corrected chi connectivity index (χ2v) is 22.7. The molecule has 2 amide bonds. The molecular formula is C62H61BCl4F9IN6NaO20S. The minimum Gasteiger partial charge on any atom is -1.00 e. The van der Waals surface area contributed by atoms with E-state index in [0.29, 0.717) is 41.5 Å². The van der Waals surface area contributed by atoms with E-state index < -0.39 is 122 Å². The third kappa shape index (κ3) is 36.4. The molecule has 105 heavy (non-hydrogen) atoms. The van der Waals surface area contributed by atoms with Gasteiger partial charge < -0.3 is 44.4 Å². The number of pyridine rings is 5. The molecule has 0 saturated carbocycles. The van der Waals surface area contributed by atoms with E-state index in [1.165, 1.54) is 32.9 Å². The number of fused-ring (bicyclic) bond motifs is 1. The average molecular weight is 1720 g/mol. The first-order chi connectivity index (χ1) is 48.2. The Hall–Kier alpha value is -7.70. The number of halogens is 14. The second kappa shape index (κ2) is 50.0. The van der Waals surface area contributed by atoms with E-state index in [-0.39, 0.29) is 149 Å². The number of rotatable bonds is 18. The maximum Gasteiger partial charge on any atom is 1.00 e. The molecule has 5 aromatic heterocycles. The smallest absolute Gasteiger partial charge is 1.00 e. The topological polar surface area (TPSA) is 358 Å². The number of ether oxygens (including phenoxy) is 8. The average Bonchev–Trinajstić information content (AvgIpc) is 1.80. The molecule has 43 heteroatoms. The number of esters is 8. The van der Waals surface area contributed by atoms with Gasteiger partial charge in [0.25, 0.3) is 11.8 Å². The van der Waals surface area contributed by atoms with Gasteiger partial charge in [0, 0.05) is 38.4 Å². The number of amides is 2. The van der Waals surface area contributed by atoms with Crippen molar-refractivity contribution in [1.82, 2.24) is 30.2 Å². The van der Waals surface area contributed by atoms with Crippen LogP contribution in [0.4, 0.5) is 39.5 Å².